The predicted molar refractivity (Wildman–Crippen MR) is 79.2 cm³/mol. The van der Waals surface area contributed by atoms with E-state index in [2.05, 4.69) is 5.32 Å². The van der Waals surface area contributed by atoms with Crippen molar-refractivity contribution in [3.05, 3.63) is 29.3 Å². The number of aliphatic hydroxyl groups is 1. The first-order chi connectivity index (χ1) is 10.1. The van der Waals surface area contributed by atoms with Crippen LogP contribution in [0.15, 0.2) is 18.2 Å². The van der Waals surface area contributed by atoms with Crippen LogP contribution in [0.2, 0.25) is 0 Å². The van der Waals surface area contributed by atoms with Gasteiger partial charge >= 0.3 is 0 Å². The normalized spacial score (nSPS) is 14.2. The lowest BCUT2D eigenvalue weighted by atomic mass is 9.83. The third kappa shape index (κ3) is 3.54. The number of hydrogen-bond acceptors (Lipinski definition) is 4. The number of hydrogen-bond donors (Lipinski definition) is 2. The number of benzene rings is 1. The minimum absolute atomic E-state index is 0.0755. The Morgan fingerprint density at radius 1 is 1.38 bits per heavy atom. The van der Waals surface area contributed by atoms with Gasteiger partial charge in [0.15, 0.2) is 6.79 Å². The Balaban J connectivity index is 2.03. The van der Waals surface area contributed by atoms with Crippen molar-refractivity contribution in [2.45, 2.75) is 33.3 Å². The molecule has 116 valence electrons. The molecule has 21 heavy (non-hydrogen) atoms. The zero-order valence-corrected chi connectivity index (χ0v) is 12.6. The molecule has 1 aromatic rings. The fraction of sp³-hybridized carbons (Fsp3) is 0.562. The van der Waals surface area contributed by atoms with E-state index in [4.69, 9.17) is 9.47 Å². The summed E-state index contributed by atoms with van der Waals surface area (Å²) >= 11 is 0. The van der Waals surface area contributed by atoms with Gasteiger partial charge in [-0.15, -0.1) is 0 Å². The highest BCUT2D eigenvalue weighted by Gasteiger charge is 2.26. The van der Waals surface area contributed by atoms with Crippen molar-refractivity contribution in [1.82, 2.24) is 5.32 Å². The molecule has 1 aromatic carbocycles. The Hall–Kier alpha value is -1.59. The molecule has 2 rings (SSSR count). The average Bonchev–Trinajstić information content (AvgIpc) is 2.56. The first-order valence-electron chi connectivity index (χ1n) is 7.36. The largest absolute Gasteiger partial charge is 0.467 e. The lowest BCUT2D eigenvalue weighted by Crippen LogP contribution is -2.39. The minimum atomic E-state index is -0.240. The van der Waals surface area contributed by atoms with Gasteiger partial charge in [0, 0.05) is 23.1 Å². The number of amides is 1. The van der Waals surface area contributed by atoms with Crippen LogP contribution in [-0.4, -0.2) is 31.0 Å². The first kappa shape index (κ1) is 15.8. The van der Waals surface area contributed by atoms with Crippen molar-refractivity contribution in [2.24, 2.45) is 5.41 Å². The second-order valence-corrected chi connectivity index (χ2v) is 5.48. The third-order valence-electron chi connectivity index (χ3n) is 4.34. The molecule has 0 fully saturated rings. The van der Waals surface area contributed by atoms with Gasteiger partial charge in [0.25, 0.3) is 5.91 Å². The van der Waals surface area contributed by atoms with E-state index < -0.39 is 0 Å². The van der Waals surface area contributed by atoms with Crippen LogP contribution in [0, 0.1) is 5.41 Å². The van der Waals surface area contributed by atoms with Crippen LogP contribution in [0.3, 0.4) is 0 Å². The highest BCUT2D eigenvalue weighted by Crippen LogP contribution is 2.26. The van der Waals surface area contributed by atoms with Gasteiger partial charge in [-0.2, -0.15) is 0 Å². The number of nitrogens with one attached hydrogen (secondary N) is 1. The molecule has 0 unspecified atom stereocenters. The highest BCUT2D eigenvalue weighted by molar-refractivity contribution is 5.94. The Labute approximate surface area is 125 Å². The Kier molecular flexibility index (Phi) is 5.20. The highest BCUT2D eigenvalue weighted by atomic mass is 16.7. The zero-order valence-electron chi connectivity index (χ0n) is 12.6. The van der Waals surface area contributed by atoms with E-state index in [1.54, 1.807) is 18.2 Å². The van der Waals surface area contributed by atoms with Crippen LogP contribution < -0.4 is 10.1 Å². The summed E-state index contributed by atoms with van der Waals surface area (Å²) in [6.07, 6.45) is 1.65. The number of fused-ring (bicyclic) bond motifs is 1. The van der Waals surface area contributed by atoms with Gasteiger partial charge in [-0.05, 0) is 31.0 Å². The SMILES string of the molecule is CCC(CC)(CO)CNC(=O)c1ccc2c(c1)COCO2. The maximum atomic E-state index is 12.3. The number of aliphatic hydroxyl groups excluding tert-OH is 1. The standard InChI is InChI=1S/C16H23NO4/c1-3-16(4-2,10-18)9-17-15(19)12-5-6-14-13(7-12)8-20-11-21-14/h5-7,18H,3-4,8-11H2,1-2H3,(H,17,19). The molecule has 2 N–H and O–H groups in total. The fourth-order valence-corrected chi connectivity index (χ4v) is 2.38. The number of ether oxygens (including phenoxy) is 2. The summed E-state index contributed by atoms with van der Waals surface area (Å²) < 4.78 is 10.5. The fourth-order valence-electron chi connectivity index (χ4n) is 2.38. The van der Waals surface area contributed by atoms with E-state index in [1.165, 1.54) is 0 Å². The van der Waals surface area contributed by atoms with Crippen LogP contribution in [0.1, 0.15) is 42.6 Å². The molecule has 1 aliphatic heterocycles. The van der Waals surface area contributed by atoms with Crippen molar-refractivity contribution in [3.8, 4) is 5.75 Å². The molecule has 1 aliphatic rings. The van der Waals surface area contributed by atoms with Gasteiger partial charge in [-0.1, -0.05) is 13.8 Å². The minimum Gasteiger partial charge on any atom is -0.467 e. The molecule has 5 heteroatoms. The lowest BCUT2D eigenvalue weighted by molar-refractivity contribution is -0.0163. The molecule has 0 saturated carbocycles. The molecule has 0 spiro atoms. The molecular formula is C16H23NO4. The molecule has 5 nitrogen and oxygen atoms in total. The van der Waals surface area contributed by atoms with Crippen LogP contribution in [0.5, 0.6) is 5.75 Å². The molecule has 0 aliphatic carbocycles. The number of carbonyl (C=O) groups is 1. The summed E-state index contributed by atoms with van der Waals surface area (Å²) in [4.78, 5) is 12.3. The molecule has 0 bridgehead atoms. The molecule has 0 atom stereocenters. The smallest absolute Gasteiger partial charge is 0.251 e. The van der Waals surface area contributed by atoms with Crippen LogP contribution >= 0.6 is 0 Å². The molecule has 0 saturated heterocycles. The van der Waals surface area contributed by atoms with Crippen LogP contribution in [-0.2, 0) is 11.3 Å². The summed E-state index contributed by atoms with van der Waals surface area (Å²) in [6, 6.07) is 5.34. The van der Waals surface area contributed by atoms with Crippen LogP contribution in [0.4, 0.5) is 0 Å². The van der Waals surface area contributed by atoms with Crippen molar-refractivity contribution in [3.63, 3.8) is 0 Å². The van der Waals surface area contributed by atoms with Crippen molar-refractivity contribution < 1.29 is 19.4 Å². The van der Waals surface area contributed by atoms with Gasteiger partial charge in [0.1, 0.15) is 5.75 Å². The van der Waals surface area contributed by atoms with E-state index in [9.17, 15) is 9.90 Å². The first-order valence-corrected chi connectivity index (χ1v) is 7.36. The second-order valence-electron chi connectivity index (χ2n) is 5.48. The second kappa shape index (κ2) is 6.91. The summed E-state index contributed by atoms with van der Waals surface area (Å²) in [5.41, 5.74) is 1.23. The summed E-state index contributed by atoms with van der Waals surface area (Å²) in [7, 11) is 0. The number of rotatable bonds is 6. The topological polar surface area (TPSA) is 67.8 Å². The molecule has 1 heterocycles. The zero-order chi connectivity index (χ0) is 15.3. The van der Waals surface area contributed by atoms with E-state index in [0.717, 1.165) is 24.2 Å². The average molecular weight is 293 g/mol. The summed E-state index contributed by atoms with van der Waals surface area (Å²) in [5.74, 6) is 0.632. The monoisotopic (exact) mass is 293 g/mol. The van der Waals surface area contributed by atoms with Crippen molar-refractivity contribution in [1.29, 1.82) is 0 Å². The Bertz CT molecular complexity index is 489. The maximum absolute atomic E-state index is 12.3. The molecular weight excluding hydrogens is 270 g/mol. The quantitative estimate of drug-likeness (QED) is 0.842. The van der Waals surface area contributed by atoms with Gasteiger partial charge in [-0.3, -0.25) is 4.79 Å². The summed E-state index contributed by atoms with van der Waals surface area (Å²) in [5, 5.41) is 12.5. The third-order valence-corrected chi connectivity index (χ3v) is 4.34. The van der Waals surface area contributed by atoms with Crippen LogP contribution in [0.25, 0.3) is 0 Å². The molecule has 0 aromatic heterocycles. The summed E-state index contributed by atoms with van der Waals surface area (Å²) in [6.45, 7) is 5.32. The molecule has 0 radical (unpaired) electrons. The van der Waals surface area contributed by atoms with E-state index in [0.29, 0.717) is 18.7 Å². The predicted octanol–water partition coefficient (Wildman–Crippen LogP) is 2.08. The van der Waals surface area contributed by atoms with Gasteiger partial charge < -0.3 is 19.9 Å². The Morgan fingerprint density at radius 2 is 2.14 bits per heavy atom. The van der Waals surface area contributed by atoms with Crippen molar-refractivity contribution in [2.75, 3.05) is 19.9 Å². The van der Waals surface area contributed by atoms with E-state index in [-0.39, 0.29) is 24.7 Å². The Morgan fingerprint density at radius 3 is 2.81 bits per heavy atom. The molecule has 1 amide bonds. The maximum Gasteiger partial charge on any atom is 0.251 e. The van der Waals surface area contributed by atoms with Gasteiger partial charge in [0.2, 0.25) is 0 Å². The lowest BCUT2D eigenvalue weighted by Gasteiger charge is -2.29. The number of carbonyl (C=O) groups excluding carboxylic acids is 1. The van der Waals surface area contributed by atoms with E-state index >= 15 is 0 Å². The van der Waals surface area contributed by atoms with Gasteiger partial charge in [0.05, 0.1) is 13.2 Å². The van der Waals surface area contributed by atoms with E-state index in [1.807, 2.05) is 13.8 Å². The van der Waals surface area contributed by atoms with Crippen molar-refractivity contribution >= 4 is 5.91 Å². The van der Waals surface area contributed by atoms with Gasteiger partial charge in [-0.25, -0.2) is 0 Å².